The van der Waals surface area contributed by atoms with Crippen LogP contribution in [0.2, 0.25) is 0 Å². The van der Waals surface area contributed by atoms with Gasteiger partial charge in [-0.3, -0.25) is 0 Å². The maximum Gasteiger partial charge on any atom is 0.136 e. The molecule has 1 heterocycles. The first-order valence-electron chi connectivity index (χ1n) is 19.8. The minimum Gasteiger partial charge on any atom is -0.456 e. The second-order valence-electron chi connectivity index (χ2n) is 10.3. The van der Waals surface area contributed by atoms with Crippen molar-refractivity contribution >= 4 is 54.3 Å². The Hall–Kier alpha value is -5.66. The number of hydrogen-bond acceptors (Lipinski definition) is 1. The predicted octanol–water partition coefficient (Wildman–Crippen LogP) is 12.0. The molecule has 0 atom stereocenters. The summed E-state index contributed by atoms with van der Waals surface area (Å²) in [5.74, 6) is 0. The molecule has 0 bridgehead atoms. The van der Waals surface area contributed by atoms with E-state index in [2.05, 4.69) is 0 Å². The van der Waals surface area contributed by atoms with Gasteiger partial charge >= 0.3 is 0 Å². The fourth-order valence-electron chi connectivity index (χ4n) is 6.28. The second kappa shape index (κ2) is 9.44. The summed E-state index contributed by atoms with van der Waals surface area (Å²) in [6.45, 7) is 0. The van der Waals surface area contributed by atoms with Crippen molar-refractivity contribution in [1.82, 2.24) is 0 Å². The molecule has 1 heteroatoms. The van der Waals surface area contributed by atoms with Gasteiger partial charge in [0, 0.05) is 10.8 Å². The van der Waals surface area contributed by atoms with Gasteiger partial charge in [0.05, 0.1) is 16.4 Å². The molecule has 8 aromatic carbocycles. The van der Waals surface area contributed by atoms with Crippen LogP contribution in [0.1, 0.15) is 16.4 Å². The van der Waals surface area contributed by atoms with E-state index in [0.29, 0.717) is 43.8 Å². The molecular formula is C42H26O. The monoisotopic (exact) mass is 558 g/mol. The highest BCUT2D eigenvalue weighted by molar-refractivity contribution is 6.24. The summed E-state index contributed by atoms with van der Waals surface area (Å²) in [4.78, 5) is 0. The Morgan fingerprint density at radius 3 is 1.86 bits per heavy atom. The van der Waals surface area contributed by atoms with E-state index in [9.17, 15) is 1.37 Å². The zero-order valence-electron chi connectivity index (χ0n) is 34.5. The fraction of sp³-hybridized carbons (Fsp3) is 0. The zero-order valence-corrected chi connectivity index (χ0v) is 22.5. The third kappa shape index (κ3) is 3.65. The first kappa shape index (κ1) is 15.0. The molecule has 0 aliphatic rings. The Labute approximate surface area is 266 Å². The highest BCUT2D eigenvalue weighted by atomic mass is 16.3. The summed E-state index contributed by atoms with van der Waals surface area (Å²) < 4.78 is 109. The van der Waals surface area contributed by atoms with E-state index in [1.165, 1.54) is 0 Å². The van der Waals surface area contributed by atoms with Crippen LogP contribution in [0.4, 0.5) is 0 Å². The Morgan fingerprint density at radius 2 is 1.09 bits per heavy atom. The smallest absolute Gasteiger partial charge is 0.136 e. The Morgan fingerprint density at radius 1 is 0.419 bits per heavy atom. The quantitative estimate of drug-likeness (QED) is 0.197. The van der Waals surface area contributed by atoms with Gasteiger partial charge in [0.2, 0.25) is 0 Å². The SMILES string of the molecule is [2H]c1c([2H])c([2H])c(-c2cccc3oc4cc(-c5c6ccccc6c(-c6c([2H])c([2H])c([2H])c7c([2H])c([2H])c([2H])c([2H])c67)c6ccccc56)ccc4c23)c([2H])c1[2H]. The summed E-state index contributed by atoms with van der Waals surface area (Å²) in [5.41, 5.74) is 3.77. The van der Waals surface area contributed by atoms with E-state index in [1.54, 1.807) is 18.2 Å². The standard InChI is InChI=1S/C42H26O/c1-2-12-28(13-3-1)31-21-11-23-38-42(31)37-25-24-29(26-39(37)43-38)40-33-17-6-8-19-35(33)41(36-20-9-7-18-34(36)40)32-22-10-15-27-14-4-5-16-30(27)32/h1-26H/i1D,2D,3D,4D,5D,10D,12D,13D,14D,15D,16D,22D. The molecule has 0 N–H and O–H groups in total. The van der Waals surface area contributed by atoms with Crippen LogP contribution in [0.5, 0.6) is 0 Å². The van der Waals surface area contributed by atoms with E-state index < -0.39 is 48.3 Å². The number of fused-ring (bicyclic) bond motifs is 6. The summed E-state index contributed by atoms with van der Waals surface area (Å²) in [6.07, 6.45) is 0. The van der Waals surface area contributed by atoms with Gasteiger partial charge in [0.1, 0.15) is 11.2 Å². The van der Waals surface area contributed by atoms with Crippen molar-refractivity contribution in [2.45, 2.75) is 0 Å². The first-order chi connectivity index (χ1) is 26.3. The molecule has 0 saturated carbocycles. The predicted molar refractivity (Wildman–Crippen MR) is 183 cm³/mol. The van der Waals surface area contributed by atoms with Gasteiger partial charge in [-0.25, -0.2) is 0 Å². The van der Waals surface area contributed by atoms with Gasteiger partial charge in [-0.2, -0.15) is 0 Å². The van der Waals surface area contributed by atoms with Crippen LogP contribution >= 0.6 is 0 Å². The van der Waals surface area contributed by atoms with Crippen LogP contribution in [0.3, 0.4) is 0 Å². The normalized spacial score (nSPS) is 15.6. The molecule has 0 fully saturated rings. The van der Waals surface area contributed by atoms with Gasteiger partial charge in [0.25, 0.3) is 0 Å². The lowest BCUT2D eigenvalue weighted by Gasteiger charge is -2.18. The lowest BCUT2D eigenvalue weighted by molar-refractivity contribution is 0.669. The van der Waals surface area contributed by atoms with Gasteiger partial charge in [0.15, 0.2) is 0 Å². The number of rotatable bonds is 3. The van der Waals surface area contributed by atoms with E-state index in [-0.39, 0.29) is 46.1 Å². The fourth-order valence-corrected chi connectivity index (χ4v) is 6.28. The Balaban J connectivity index is 1.36. The Kier molecular flexibility index (Phi) is 3.29. The molecule has 9 aromatic rings. The van der Waals surface area contributed by atoms with Gasteiger partial charge in [-0.1, -0.05) is 139 Å². The highest BCUT2D eigenvalue weighted by Gasteiger charge is 2.19. The first-order valence-corrected chi connectivity index (χ1v) is 13.8. The summed E-state index contributed by atoms with van der Waals surface area (Å²) in [5, 5.41) is 4.06. The summed E-state index contributed by atoms with van der Waals surface area (Å²) in [6, 6.07) is 21.0. The molecule has 0 unspecified atom stereocenters. The minimum atomic E-state index is -0.513. The minimum absolute atomic E-state index is 0.0127. The van der Waals surface area contributed by atoms with Crippen LogP contribution in [-0.2, 0) is 0 Å². The third-order valence-corrected chi connectivity index (χ3v) is 8.05. The molecule has 0 aliphatic carbocycles. The van der Waals surface area contributed by atoms with Crippen molar-refractivity contribution in [2.75, 3.05) is 0 Å². The molecule has 0 saturated heterocycles. The summed E-state index contributed by atoms with van der Waals surface area (Å²) >= 11 is 0. The van der Waals surface area contributed by atoms with Gasteiger partial charge < -0.3 is 4.42 Å². The van der Waals surface area contributed by atoms with Crippen LogP contribution in [-0.4, -0.2) is 0 Å². The zero-order chi connectivity index (χ0) is 38.8. The molecule has 0 aliphatic heterocycles. The molecule has 1 nitrogen and oxygen atoms in total. The molecule has 9 rings (SSSR count). The van der Waals surface area contributed by atoms with Crippen molar-refractivity contribution in [3.8, 4) is 33.4 Å². The lowest BCUT2D eigenvalue weighted by atomic mass is 9.84. The average Bonchev–Trinajstić information content (AvgIpc) is 3.57. The van der Waals surface area contributed by atoms with E-state index in [1.807, 2.05) is 66.7 Å². The van der Waals surface area contributed by atoms with E-state index >= 15 is 0 Å². The van der Waals surface area contributed by atoms with E-state index in [4.69, 9.17) is 19.5 Å². The molecule has 1 aromatic heterocycles. The highest BCUT2D eigenvalue weighted by Crippen LogP contribution is 2.46. The van der Waals surface area contributed by atoms with E-state index in [0.717, 1.165) is 21.9 Å². The number of furan rings is 1. The van der Waals surface area contributed by atoms with Crippen LogP contribution in [0.15, 0.2) is 162 Å². The van der Waals surface area contributed by atoms with Crippen molar-refractivity contribution in [1.29, 1.82) is 0 Å². The van der Waals surface area contributed by atoms with Crippen molar-refractivity contribution in [3.05, 3.63) is 157 Å². The van der Waals surface area contributed by atoms with Crippen molar-refractivity contribution < 1.29 is 20.9 Å². The Bertz CT molecular complexity index is 3090. The molecule has 200 valence electrons. The van der Waals surface area contributed by atoms with Crippen molar-refractivity contribution in [2.24, 2.45) is 0 Å². The molecular weight excluding hydrogens is 520 g/mol. The largest absolute Gasteiger partial charge is 0.456 e. The van der Waals surface area contributed by atoms with Gasteiger partial charge in [-0.15, -0.1) is 0 Å². The second-order valence-corrected chi connectivity index (χ2v) is 10.3. The molecule has 0 spiro atoms. The van der Waals surface area contributed by atoms with Gasteiger partial charge in [-0.05, 0) is 83.9 Å². The summed E-state index contributed by atoms with van der Waals surface area (Å²) in [7, 11) is 0. The molecule has 0 radical (unpaired) electrons. The van der Waals surface area contributed by atoms with Crippen LogP contribution < -0.4 is 0 Å². The number of hydrogen-bond donors (Lipinski definition) is 0. The number of benzene rings is 8. The maximum atomic E-state index is 9.17. The van der Waals surface area contributed by atoms with Crippen molar-refractivity contribution in [3.63, 3.8) is 0 Å². The lowest BCUT2D eigenvalue weighted by Crippen LogP contribution is -1.91. The molecule has 43 heavy (non-hydrogen) atoms. The maximum absolute atomic E-state index is 9.17. The third-order valence-electron chi connectivity index (χ3n) is 8.05. The van der Waals surface area contributed by atoms with Crippen LogP contribution in [0, 0.1) is 0 Å². The average molecular weight is 559 g/mol. The van der Waals surface area contributed by atoms with Crippen LogP contribution in [0.25, 0.3) is 87.6 Å². The molecule has 0 amide bonds. The topological polar surface area (TPSA) is 13.1 Å².